The number of aliphatic carboxylic acids is 1. The third-order valence-corrected chi connectivity index (χ3v) is 2.06. The monoisotopic (exact) mass is 221 g/mol. The van der Waals surface area contributed by atoms with Gasteiger partial charge in [-0.15, -0.1) is 0 Å². The van der Waals surface area contributed by atoms with Gasteiger partial charge in [-0.3, -0.25) is 0 Å². The molecule has 0 saturated carbocycles. The normalized spacial score (nSPS) is 13.0. The van der Waals surface area contributed by atoms with Gasteiger partial charge in [-0.2, -0.15) is 0 Å². The SMILES string of the molecule is O=C(O)/C=C/CNc1ccc2c(c1)OCO2. The highest BCUT2D eigenvalue weighted by Crippen LogP contribution is 2.34. The van der Waals surface area contributed by atoms with Crippen LogP contribution in [0.25, 0.3) is 0 Å². The van der Waals surface area contributed by atoms with Crippen LogP contribution in [-0.2, 0) is 4.79 Å². The third-order valence-electron chi connectivity index (χ3n) is 2.06. The van der Waals surface area contributed by atoms with Gasteiger partial charge in [0, 0.05) is 24.4 Å². The molecule has 0 aliphatic carbocycles. The number of nitrogens with one attached hydrogen (secondary N) is 1. The van der Waals surface area contributed by atoms with Gasteiger partial charge in [-0.1, -0.05) is 6.08 Å². The first-order chi connectivity index (χ1) is 7.75. The lowest BCUT2D eigenvalue weighted by molar-refractivity contribution is -0.131. The fourth-order valence-corrected chi connectivity index (χ4v) is 1.34. The number of carbonyl (C=O) groups is 1. The molecule has 0 amide bonds. The minimum absolute atomic E-state index is 0.248. The molecule has 0 unspecified atom stereocenters. The van der Waals surface area contributed by atoms with Crippen LogP contribution in [0.4, 0.5) is 5.69 Å². The number of fused-ring (bicyclic) bond motifs is 1. The van der Waals surface area contributed by atoms with Gasteiger partial charge in [-0.05, 0) is 12.1 Å². The molecule has 1 aliphatic rings. The van der Waals surface area contributed by atoms with Gasteiger partial charge in [0.2, 0.25) is 6.79 Å². The van der Waals surface area contributed by atoms with Crippen LogP contribution < -0.4 is 14.8 Å². The largest absolute Gasteiger partial charge is 0.478 e. The molecule has 2 rings (SSSR count). The fraction of sp³-hybridized carbons (Fsp3) is 0.182. The van der Waals surface area contributed by atoms with E-state index in [1.165, 1.54) is 6.08 Å². The molecule has 0 fully saturated rings. The number of ether oxygens (including phenoxy) is 2. The summed E-state index contributed by atoms with van der Waals surface area (Å²) in [4.78, 5) is 10.2. The van der Waals surface area contributed by atoms with Gasteiger partial charge in [0.05, 0.1) is 0 Å². The zero-order valence-electron chi connectivity index (χ0n) is 8.47. The van der Waals surface area contributed by atoms with E-state index in [1.807, 2.05) is 18.2 Å². The van der Waals surface area contributed by atoms with Crippen molar-refractivity contribution in [3.63, 3.8) is 0 Å². The Hall–Kier alpha value is -2.17. The molecule has 84 valence electrons. The number of benzene rings is 1. The molecule has 1 aliphatic heterocycles. The minimum atomic E-state index is -0.951. The van der Waals surface area contributed by atoms with Crippen LogP contribution in [0.1, 0.15) is 0 Å². The average Bonchev–Trinajstić information content (AvgIpc) is 2.71. The first-order valence-electron chi connectivity index (χ1n) is 4.79. The van der Waals surface area contributed by atoms with Crippen molar-refractivity contribution in [1.29, 1.82) is 0 Å². The number of anilines is 1. The molecule has 0 bridgehead atoms. The van der Waals surface area contributed by atoms with E-state index in [0.717, 1.165) is 17.5 Å². The number of rotatable bonds is 4. The van der Waals surface area contributed by atoms with E-state index in [9.17, 15) is 4.79 Å². The van der Waals surface area contributed by atoms with E-state index in [2.05, 4.69) is 5.32 Å². The van der Waals surface area contributed by atoms with Crippen LogP contribution >= 0.6 is 0 Å². The Labute approximate surface area is 92.3 Å². The standard InChI is InChI=1S/C11H11NO4/c13-11(14)2-1-5-12-8-3-4-9-10(6-8)16-7-15-9/h1-4,6,12H,5,7H2,(H,13,14)/b2-1+. The van der Waals surface area contributed by atoms with Crippen LogP contribution in [0.5, 0.6) is 11.5 Å². The Morgan fingerprint density at radius 3 is 3.06 bits per heavy atom. The predicted octanol–water partition coefficient (Wildman–Crippen LogP) is 1.47. The van der Waals surface area contributed by atoms with E-state index in [0.29, 0.717) is 12.3 Å². The summed E-state index contributed by atoms with van der Waals surface area (Å²) in [5, 5.41) is 11.4. The second-order valence-corrected chi connectivity index (χ2v) is 3.19. The molecule has 5 heteroatoms. The topological polar surface area (TPSA) is 67.8 Å². The quantitative estimate of drug-likeness (QED) is 0.753. The molecule has 0 atom stereocenters. The predicted molar refractivity (Wildman–Crippen MR) is 57.8 cm³/mol. The summed E-state index contributed by atoms with van der Waals surface area (Å²) in [6, 6.07) is 5.48. The fourth-order valence-electron chi connectivity index (χ4n) is 1.34. The van der Waals surface area contributed by atoms with Crippen LogP contribution in [0.15, 0.2) is 30.4 Å². The van der Waals surface area contributed by atoms with E-state index in [-0.39, 0.29) is 6.79 Å². The maximum atomic E-state index is 10.2. The maximum absolute atomic E-state index is 10.2. The van der Waals surface area contributed by atoms with Crippen LogP contribution in [0.3, 0.4) is 0 Å². The third kappa shape index (κ3) is 2.44. The minimum Gasteiger partial charge on any atom is -0.478 e. The van der Waals surface area contributed by atoms with Crippen molar-refractivity contribution in [2.75, 3.05) is 18.7 Å². The molecule has 1 heterocycles. The summed E-state index contributed by atoms with van der Waals surface area (Å²) >= 11 is 0. The number of hydrogen-bond donors (Lipinski definition) is 2. The Morgan fingerprint density at radius 2 is 2.25 bits per heavy atom. The molecule has 0 spiro atoms. The van der Waals surface area contributed by atoms with E-state index < -0.39 is 5.97 Å². The molecule has 0 aromatic heterocycles. The van der Waals surface area contributed by atoms with E-state index in [4.69, 9.17) is 14.6 Å². The Morgan fingerprint density at radius 1 is 1.44 bits per heavy atom. The second-order valence-electron chi connectivity index (χ2n) is 3.19. The van der Waals surface area contributed by atoms with Gasteiger partial charge in [0.1, 0.15) is 0 Å². The van der Waals surface area contributed by atoms with Crippen molar-refractivity contribution in [2.45, 2.75) is 0 Å². The molecule has 0 saturated heterocycles. The van der Waals surface area contributed by atoms with Crippen LogP contribution in [0.2, 0.25) is 0 Å². The van der Waals surface area contributed by atoms with Gasteiger partial charge >= 0.3 is 5.97 Å². The van der Waals surface area contributed by atoms with Crippen molar-refractivity contribution in [3.05, 3.63) is 30.4 Å². The van der Waals surface area contributed by atoms with Crippen molar-refractivity contribution in [2.24, 2.45) is 0 Å². The first-order valence-corrected chi connectivity index (χ1v) is 4.79. The van der Waals surface area contributed by atoms with Crippen molar-refractivity contribution in [1.82, 2.24) is 0 Å². The summed E-state index contributed by atoms with van der Waals surface area (Å²) in [6.45, 7) is 0.698. The summed E-state index contributed by atoms with van der Waals surface area (Å²) in [7, 11) is 0. The van der Waals surface area contributed by atoms with Crippen molar-refractivity contribution >= 4 is 11.7 Å². The lowest BCUT2D eigenvalue weighted by Gasteiger charge is -2.03. The zero-order chi connectivity index (χ0) is 11.4. The highest BCUT2D eigenvalue weighted by molar-refractivity contribution is 5.79. The smallest absolute Gasteiger partial charge is 0.328 e. The molecule has 2 N–H and O–H groups in total. The Balaban J connectivity index is 1.93. The first kappa shape index (κ1) is 10.4. The lowest BCUT2D eigenvalue weighted by atomic mass is 10.3. The van der Waals surface area contributed by atoms with Crippen LogP contribution in [0, 0.1) is 0 Å². The van der Waals surface area contributed by atoms with Gasteiger partial charge in [0.15, 0.2) is 11.5 Å². The molecular formula is C11H11NO4. The van der Waals surface area contributed by atoms with E-state index >= 15 is 0 Å². The summed E-state index contributed by atoms with van der Waals surface area (Å²) in [6.07, 6.45) is 2.63. The van der Waals surface area contributed by atoms with Crippen molar-refractivity contribution < 1.29 is 19.4 Å². The molecule has 1 aromatic carbocycles. The number of carboxylic acid groups (broad SMARTS) is 1. The molecule has 16 heavy (non-hydrogen) atoms. The lowest BCUT2D eigenvalue weighted by Crippen LogP contribution is -1.99. The Bertz CT molecular complexity index is 428. The van der Waals surface area contributed by atoms with E-state index in [1.54, 1.807) is 0 Å². The summed E-state index contributed by atoms with van der Waals surface area (Å²) in [5.41, 5.74) is 0.860. The van der Waals surface area contributed by atoms with Gasteiger partial charge < -0.3 is 19.9 Å². The summed E-state index contributed by atoms with van der Waals surface area (Å²) < 4.78 is 10.4. The maximum Gasteiger partial charge on any atom is 0.328 e. The van der Waals surface area contributed by atoms with Gasteiger partial charge in [0.25, 0.3) is 0 Å². The molecule has 5 nitrogen and oxygen atoms in total. The number of carboxylic acids is 1. The van der Waals surface area contributed by atoms with Crippen LogP contribution in [-0.4, -0.2) is 24.4 Å². The molecular weight excluding hydrogens is 210 g/mol. The number of hydrogen-bond acceptors (Lipinski definition) is 4. The highest BCUT2D eigenvalue weighted by Gasteiger charge is 2.12. The zero-order valence-corrected chi connectivity index (χ0v) is 8.47. The van der Waals surface area contributed by atoms with Crippen molar-refractivity contribution in [3.8, 4) is 11.5 Å². The second kappa shape index (κ2) is 4.57. The average molecular weight is 221 g/mol. The highest BCUT2D eigenvalue weighted by atomic mass is 16.7. The Kier molecular flexibility index (Phi) is 2.95. The summed E-state index contributed by atoms with van der Waals surface area (Å²) in [5.74, 6) is 0.478. The van der Waals surface area contributed by atoms with Gasteiger partial charge in [-0.25, -0.2) is 4.79 Å². The molecule has 0 radical (unpaired) electrons. The molecule has 1 aromatic rings.